The summed E-state index contributed by atoms with van der Waals surface area (Å²) in [5.74, 6) is 0. The number of ether oxygens (including phenoxy) is 1. The summed E-state index contributed by atoms with van der Waals surface area (Å²) in [7, 11) is 3.77. The minimum Gasteiger partial charge on any atom is -0.389 e. The summed E-state index contributed by atoms with van der Waals surface area (Å²) >= 11 is 8.44. The third-order valence-corrected chi connectivity index (χ3v) is 3.38. The molecule has 0 atom stereocenters. The van der Waals surface area contributed by atoms with E-state index in [1.807, 2.05) is 18.2 Å². The Morgan fingerprint density at radius 1 is 1.53 bits per heavy atom. The summed E-state index contributed by atoms with van der Waals surface area (Å²) in [6.07, 6.45) is 1.00. The number of halogens is 1. The molecule has 0 saturated carbocycles. The van der Waals surface area contributed by atoms with E-state index in [1.54, 1.807) is 7.11 Å². The molecule has 94 valence electrons. The summed E-state index contributed by atoms with van der Waals surface area (Å²) in [4.78, 5) is 2.58. The molecule has 1 rings (SSSR count). The van der Waals surface area contributed by atoms with E-state index in [-0.39, 0.29) is 0 Å². The molecular formula is C12H17BrN2OS. The first-order chi connectivity index (χ1) is 8.06. The predicted molar refractivity (Wildman–Crippen MR) is 79.8 cm³/mol. The topological polar surface area (TPSA) is 38.5 Å². The van der Waals surface area contributed by atoms with Gasteiger partial charge >= 0.3 is 0 Å². The van der Waals surface area contributed by atoms with Crippen molar-refractivity contribution in [3.63, 3.8) is 0 Å². The molecule has 3 nitrogen and oxygen atoms in total. The highest BCUT2D eigenvalue weighted by Crippen LogP contribution is 2.23. The maximum absolute atomic E-state index is 5.61. The van der Waals surface area contributed by atoms with Gasteiger partial charge in [-0.05, 0) is 40.5 Å². The van der Waals surface area contributed by atoms with Gasteiger partial charge in [0.1, 0.15) is 4.99 Å². The lowest BCUT2D eigenvalue weighted by atomic mass is 10.2. The van der Waals surface area contributed by atoms with E-state index in [9.17, 15) is 0 Å². The molecule has 0 amide bonds. The van der Waals surface area contributed by atoms with Crippen LogP contribution < -0.4 is 10.6 Å². The van der Waals surface area contributed by atoms with Gasteiger partial charge in [-0.2, -0.15) is 0 Å². The molecule has 0 aliphatic rings. The van der Waals surface area contributed by atoms with Gasteiger partial charge in [-0.15, -0.1) is 0 Å². The number of thiocarbonyl (C=S) groups is 1. The molecular weight excluding hydrogens is 300 g/mol. The number of methoxy groups -OCH3 is 1. The zero-order valence-corrected chi connectivity index (χ0v) is 12.5. The second-order valence-corrected chi connectivity index (χ2v) is 5.09. The Bertz CT molecular complexity index is 398. The van der Waals surface area contributed by atoms with Gasteiger partial charge in [0, 0.05) is 43.0 Å². The average molecular weight is 317 g/mol. The van der Waals surface area contributed by atoms with Crippen LogP contribution in [0.5, 0.6) is 0 Å². The normalized spacial score (nSPS) is 10.3. The molecule has 0 unspecified atom stereocenters. The van der Waals surface area contributed by atoms with Gasteiger partial charge in [-0.3, -0.25) is 0 Å². The fourth-order valence-corrected chi connectivity index (χ4v) is 2.41. The SMILES string of the molecule is COCCCN(C)c1ccc(C(N)=S)c(Br)c1. The molecule has 17 heavy (non-hydrogen) atoms. The minimum absolute atomic E-state index is 0.408. The third kappa shape index (κ3) is 4.26. The van der Waals surface area contributed by atoms with Crippen molar-refractivity contribution in [2.24, 2.45) is 5.73 Å². The Labute approximate surface area is 116 Å². The van der Waals surface area contributed by atoms with Gasteiger partial charge in [0.2, 0.25) is 0 Å². The van der Waals surface area contributed by atoms with Gasteiger partial charge in [0.25, 0.3) is 0 Å². The molecule has 1 aromatic carbocycles. The Kier molecular flexibility index (Phi) is 5.88. The summed E-state index contributed by atoms with van der Waals surface area (Å²) in [5, 5.41) is 0. The second kappa shape index (κ2) is 6.93. The Balaban J connectivity index is 2.72. The highest BCUT2D eigenvalue weighted by Gasteiger charge is 2.06. The van der Waals surface area contributed by atoms with Gasteiger partial charge < -0.3 is 15.4 Å². The highest BCUT2D eigenvalue weighted by atomic mass is 79.9. The van der Waals surface area contributed by atoms with Crippen LogP contribution in [0.15, 0.2) is 22.7 Å². The lowest BCUT2D eigenvalue weighted by Crippen LogP contribution is -2.20. The molecule has 2 N–H and O–H groups in total. The highest BCUT2D eigenvalue weighted by molar-refractivity contribution is 9.10. The maximum atomic E-state index is 5.61. The number of anilines is 1. The second-order valence-electron chi connectivity index (χ2n) is 3.80. The van der Waals surface area contributed by atoms with E-state index in [1.165, 1.54) is 0 Å². The van der Waals surface area contributed by atoms with Gasteiger partial charge in [-0.25, -0.2) is 0 Å². The monoisotopic (exact) mass is 316 g/mol. The first-order valence-corrected chi connectivity index (χ1v) is 6.56. The third-order valence-electron chi connectivity index (χ3n) is 2.50. The van der Waals surface area contributed by atoms with E-state index in [0.717, 1.165) is 35.3 Å². The van der Waals surface area contributed by atoms with Crippen molar-refractivity contribution >= 4 is 38.8 Å². The first-order valence-electron chi connectivity index (χ1n) is 5.35. The number of benzene rings is 1. The minimum atomic E-state index is 0.408. The standard InChI is InChI=1S/C12H17BrN2OS/c1-15(6-3-7-16-2)9-4-5-10(12(14)17)11(13)8-9/h4-5,8H,3,6-7H2,1-2H3,(H2,14,17). The summed E-state index contributed by atoms with van der Waals surface area (Å²) in [6.45, 7) is 1.73. The zero-order valence-electron chi connectivity index (χ0n) is 10.1. The van der Waals surface area contributed by atoms with Crippen molar-refractivity contribution in [1.29, 1.82) is 0 Å². The van der Waals surface area contributed by atoms with Crippen LogP contribution in [0.2, 0.25) is 0 Å². The predicted octanol–water partition coefficient (Wildman–Crippen LogP) is 2.56. The summed E-state index contributed by atoms with van der Waals surface area (Å²) < 4.78 is 5.96. The Morgan fingerprint density at radius 3 is 2.76 bits per heavy atom. The zero-order chi connectivity index (χ0) is 12.8. The fraction of sp³-hybridized carbons (Fsp3) is 0.417. The van der Waals surface area contributed by atoms with Gasteiger partial charge in [-0.1, -0.05) is 12.2 Å². The van der Waals surface area contributed by atoms with Gasteiger partial charge in [0.05, 0.1) is 0 Å². The fourth-order valence-electron chi connectivity index (χ4n) is 1.52. The van der Waals surface area contributed by atoms with Crippen molar-refractivity contribution in [3.8, 4) is 0 Å². The van der Waals surface area contributed by atoms with Crippen LogP contribution >= 0.6 is 28.1 Å². The lowest BCUT2D eigenvalue weighted by molar-refractivity contribution is 0.196. The van der Waals surface area contributed by atoms with Crippen molar-refractivity contribution in [3.05, 3.63) is 28.2 Å². The number of hydrogen-bond donors (Lipinski definition) is 1. The molecule has 0 aliphatic heterocycles. The Morgan fingerprint density at radius 2 is 2.24 bits per heavy atom. The van der Waals surface area contributed by atoms with E-state index in [4.69, 9.17) is 22.7 Å². The molecule has 0 fully saturated rings. The smallest absolute Gasteiger partial charge is 0.105 e. The van der Waals surface area contributed by atoms with Crippen molar-refractivity contribution < 1.29 is 4.74 Å². The van der Waals surface area contributed by atoms with Crippen LogP contribution in [0, 0.1) is 0 Å². The maximum Gasteiger partial charge on any atom is 0.105 e. The molecule has 0 radical (unpaired) electrons. The van der Waals surface area contributed by atoms with Crippen LogP contribution in [0.25, 0.3) is 0 Å². The quantitative estimate of drug-likeness (QED) is 0.646. The van der Waals surface area contributed by atoms with Crippen LogP contribution in [-0.2, 0) is 4.74 Å². The largest absolute Gasteiger partial charge is 0.389 e. The van der Waals surface area contributed by atoms with Crippen molar-refractivity contribution in [2.45, 2.75) is 6.42 Å². The molecule has 0 heterocycles. The number of nitrogens with zero attached hydrogens (tertiary/aromatic N) is 1. The molecule has 0 bridgehead atoms. The first kappa shape index (κ1) is 14.4. The van der Waals surface area contributed by atoms with Gasteiger partial charge in [0.15, 0.2) is 0 Å². The van der Waals surface area contributed by atoms with Crippen molar-refractivity contribution in [2.75, 3.05) is 32.2 Å². The number of nitrogens with two attached hydrogens (primary N) is 1. The van der Waals surface area contributed by atoms with Crippen LogP contribution in [-0.4, -0.2) is 32.3 Å². The number of hydrogen-bond acceptors (Lipinski definition) is 3. The van der Waals surface area contributed by atoms with E-state index in [0.29, 0.717) is 4.99 Å². The molecule has 0 spiro atoms. The van der Waals surface area contributed by atoms with E-state index < -0.39 is 0 Å². The van der Waals surface area contributed by atoms with E-state index in [2.05, 4.69) is 27.9 Å². The molecule has 1 aromatic rings. The molecule has 0 saturated heterocycles. The van der Waals surface area contributed by atoms with E-state index >= 15 is 0 Å². The van der Waals surface area contributed by atoms with Crippen LogP contribution in [0.3, 0.4) is 0 Å². The molecule has 5 heteroatoms. The Hall–Kier alpha value is -0.650. The van der Waals surface area contributed by atoms with Crippen LogP contribution in [0.4, 0.5) is 5.69 Å². The lowest BCUT2D eigenvalue weighted by Gasteiger charge is -2.20. The van der Waals surface area contributed by atoms with Crippen molar-refractivity contribution in [1.82, 2.24) is 0 Å². The summed E-state index contributed by atoms with van der Waals surface area (Å²) in [5.41, 5.74) is 7.61. The average Bonchev–Trinajstić information content (AvgIpc) is 2.28. The molecule has 0 aromatic heterocycles. The number of rotatable bonds is 6. The molecule has 0 aliphatic carbocycles. The van der Waals surface area contributed by atoms with Crippen LogP contribution in [0.1, 0.15) is 12.0 Å². The summed E-state index contributed by atoms with van der Waals surface area (Å²) in [6, 6.07) is 5.99.